The molecule has 0 unspecified atom stereocenters. The third-order valence-electron chi connectivity index (χ3n) is 3.39. The Morgan fingerprint density at radius 2 is 1.93 bits per heavy atom. The zero-order valence-electron chi connectivity index (χ0n) is 8.16. The number of hydrogen-bond acceptors (Lipinski definition) is 3. The number of amides is 1. The van der Waals surface area contributed by atoms with Gasteiger partial charge in [0.15, 0.2) is 5.78 Å². The molecule has 4 nitrogen and oxygen atoms in total. The van der Waals surface area contributed by atoms with Crippen LogP contribution in [-0.2, 0) is 9.59 Å². The van der Waals surface area contributed by atoms with Crippen LogP contribution in [0.1, 0.15) is 32.1 Å². The summed E-state index contributed by atoms with van der Waals surface area (Å²) < 4.78 is 0. The number of nitrogens with zero attached hydrogens (tertiary/aromatic N) is 1. The Bertz CT molecular complexity index is 269. The van der Waals surface area contributed by atoms with Gasteiger partial charge in [0.1, 0.15) is 0 Å². The summed E-state index contributed by atoms with van der Waals surface area (Å²) in [7, 11) is 0. The van der Waals surface area contributed by atoms with Gasteiger partial charge in [-0.2, -0.15) is 0 Å². The second kappa shape index (κ2) is 3.35. The Kier molecular flexibility index (Phi) is 2.31. The van der Waals surface area contributed by atoms with Crippen molar-refractivity contribution in [3.05, 3.63) is 0 Å². The van der Waals surface area contributed by atoms with E-state index in [9.17, 15) is 14.7 Å². The molecular weight excluding hydrogens is 182 g/mol. The largest absolute Gasteiger partial charge is 0.394 e. The highest BCUT2D eigenvalue weighted by Crippen LogP contribution is 2.36. The van der Waals surface area contributed by atoms with Gasteiger partial charge in [0, 0.05) is 0 Å². The van der Waals surface area contributed by atoms with E-state index in [4.69, 9.17) is 0 Å². The number of hydrogen-bond donors (Lipinski definition) is 1. The smallest absolute Gasteiger partial charge is 0.231 e. The SMILES string of the molecule is O=C1CC(=O)N(C2(CO)CCCC2)C1. The van der Waals surface area contributed by atoms with E-state index in [-0.39, 0.29) is 31.3 Å². The summed E-state index contributed by atoms with van der Waals surface area (Å²) in [6.07, 6.45) is 3.78. The van der Waals surface area contributed by atoms with Crippen LogP contribution in [0, 0.1) is 0 Å². The molecule has 1 N–H and O–H groups in total. The first kappa shape index (κ1) is 9.65. The van der Waals surface area contributed by atoms with Crippen LogP contribution in [0.25, 0.3) is 0 Å². The highest BCUT2D eigenvalue weighted by atomic mass is 16.3. The Balaban J connectivity index is 2.19. The van der Waals surface area contributed by atoms with Crippen molar-refractivity contribution >= 4 is 11.7 Å². The van der Waals surface area contributed by atoms with Crippen LogP contribution in [0.2, 0.25) is 0 Å². The molecule has 2 aliphatic rings. The zero-order chi connectivity index (χ0) is 10.2. The topological polar surface area (TPSA) is 57.6 Å². The van der Waals surface area contributed by atoms with Crippen molar-refractivity contribution in [3.8, 4) is 0 Å². The van der Waals surface area contributed by atoms with E-state index < -0.39 is 5.54 Å². The molecule has 4 heteroatoms. The molecule has 78 valence electrons. The molecule has 0 aromatic heterocycles. The molecule has 1 aliphatic carbocycles. The maximum Gasteiger partial charge on any atom is 0.231 e. The lowest BCUT2D eigenvalue weighted by Gasteiger charge is -2.36. The molecular formula is C10H15NO3. The van der Waals surface area contributed by atoms with Crippen molar-refractivity contribution in [2.45, 2.75) is 37.6 Å². The van der Waals surface area contributed by atoms with Crippen LogP contribution in [0.15, 0.2) is 0 Å². The number of rotatable bonds is 2. The third-order valence-corrected chi connectivity index (χ3v) is 3.39. The Morgan fingerprint density at radius 1 is 1.29 bits per heavy atom. The van der Waals surface area contributed by atoms with Gasteiger partial charge in [0.05, 0.1) is 25.1 Å². The monoisotopic (exact) mass is 197 g/mol. The molecule has 0 atom stereocenters. The fourth-order valence-corrected chi connectivity index (χ4v) is 2.56. The number of carbonyl (C=O) groups excluding carboxylic acids is 2. The average Bonchev–Trinajstić information content (AvgIpc) is 2.73. The van der Waals surface area contributed by atoms with E-state index in [0.717, 1.165) is 25.7 Å². The van der Waals surface area contributed by atoms with Crippen molar-refractivity contribution in [3.63, 3.8) is 0 Å². The minimum Gasteiger partial charge on any atom is -0.394 e. The van der Waals surface area contributed by atoms with Crippen molar-refractivity contribution in [1.82, 2.24) is 4.90 Å². The highest BCUT2D eigenvalue weighted by Gasteiger charge is 2.45. The average molecular weight is 197 g/mol. The predicted octanol–water partition coefficient (Wildman–Crippen LogP) is 0.0929. The van der Waals surface area contributed by atoms with E-state index in [1.54, 1.807) is 4.90 Å². The van der Waals surface area contributed by atoms with Crippen LogP contribution < -0.4 is 0 Å². The first-order chi connectivity index (χ1) is 6.68. The van der Waals surface area contributed by atoms with Gasteiger partial charge in [-0.05, 0) is 12.8 Å². The number of carbonyl (C=O) groups is 2. The summed E-state index contributed by atoms with van der Waals surface area (Å²) in [6.45, 7) is 0.200. The lowest BCUT2D eigenvalue weighted by molar-refractivity contribution is -0.134. The molecule has 14 heavy (non-hydrogen) atoms. The van der Waals surface area contributed by atoms with Gasteiger partial charge >= 0.3 is 0 Å². The first-order valence-corrected chi connectivity index (χ1v) is 5.11. The number of aliphatic hydroxyl groups is 1. The molecule has 0 spiro atoms. The fraction of sp³-hybridized carbons (Fsp3) is 0.800. The minimum absolute atomic E-state index is 0.00792. The number of ketones is 1. The second-order valence-corrected chi connectivity index (χ2v) is 4.28. The number of Topliss-reactive ketones (excluding diaryl/α,β-unsaturated/α-hetero) is 1. The molecule has 0 aromatic rings. The van der Waals surface area contributed by atoms with Gasteiger partial charge in [-0.15, -0.1) is 0 Å². The molecule has 0 bridgehead atoms. The standard InChI is InChI=1S/C10H15NO3/c12-7-10(3-1-2-4-10)11-6-8(13)5-9(11)14/h12H,1-7H2. The molecule has 1 heterocycles. The molecule has 1 saturated heterocycles. The van der Waals surface area contributed by atoms with Crippen molar-refractivity contribution in [1.29, 1.82) is 0 Å². The Morgan fingerprint density at radius 3 is 2.36 bits per heavy atom. The van der Waals surface area contributed by atoms with Crippen molar-refractivity contribution in [2.75, 3.05) is 13.2 Å². The highest BCUT2D eigenvalue weighted by molar-refractivity contribution is 6.05. The van der Waals surface area contributed by atoms with Gasteiger partial charge in [-0.3, -0.25) is 9.59 Å². The lowest BCUT2D eigenvalue weighted by atomic mass is 9.97. The maximum atomic E-state index is 11.5. The van der Waals surface area contributed by atoms with Crippen LogP contribution in [0.4, 0.5) is 0 Å². The predicted molar refractivity (Wildman–Crippen MR) is 49.6 cm³/mol. The normalized spacial score (nSPS) is 26.2. The summed E-state index contributed by atoms with van der Waals surface area (Å²) >= 11 is 0. The van der Waals surface area contributed by atoms with Crippen LogP contribution in [0.5, 0.6) is 0 Å². The molecule has 1 amide bonds. The fourth-order valence-electron chi connectivity index (χ4n) is 2.56. The second-order valence-electron chi connectivity index (χ2n) is 4.28. The van der Waals surface area contributed by atoms with E-state index in [0.29, 0.717) is 0 Å². The molecule has 0 aromatic carbocycles. The van der Waals surface area contributed by atoms with Crippen LogP contribution in [0.3, 0.4) is 0 Å². The first-order valence-electron chi connectivity index (χ1n) is 5.11. The number of likely N-dealkylation sites (tertiary alicyclic amines) is 1. The van der Waals surface area contributed by atoms with Crippen molar-refractivity contribution < 1.29 is 14.7 Å². The lowest BCUT2D eigenvalue weighted by Crippen LogP contribution is -2.50. The van der Waals surface area contributed by atoms with E-state index in [1.807, 2.05) is 0 Å². The third kappa shape index (κ3) is 1.34. The van der Waals surface area contributed by atoms with Gasteiger partial charge in [0.25, 0.3) is 0 Å². The van der Waals surface area contributed by atoms with Gasteiger partial charge in [-0.25, -0.2) is 0 Å². The summed E-state index contributed by atoms with van der Waals surface area (Å²) in [5.41, 5.74) is -0.413. The quantitative estimate of drug-likeness (QED) is 0.638. The Labute approximate surface area is 82.9 Å². The van der Waals surface area contributed by atoms with Gasteiger partial charge < -0.3 is 10.0 Å². The van der Waals surface area contributed by atoms with Crippen molar-refractivity contribution in [2.24, 2.45) is 0 Å². The Hall–Kier alpha value is -0.900. The zero-order valence-corrected chi connectivity index (χ0v) is 8.16. The summed E-state index contributed by atoms with van der Waals surface area (Å²) in [5.74, 6) is -0.124. The van der Waals surface area contributed by atoms with Crippen LogP contribution in [-0.4, -0.2) is 40.4 Å². The van der Waals surface area contributed by atoms with Crippen LogP contribution >= 0.6 is 0 Å². The van der Waals surface area contributed by atoms with E-state index >= 15 is 0 Å². The minimum atomic E-state index is -0.413. The molecule has 1 aliphatic heterocycles. The summed E-state index contributed by atoms with van der Waals surface area (Å²) in [4.78, 5) is 24.3. The van der Waals surface area contributed by atoms with Gasteiger partial charge in [-0.1, -0.05) is 12.8 Å². The van der Waals surface area contributed by atoms with E-state index in [1.165, 1.54) is 0 Å². The summed E-state index contributed by atoms with van der Waals surface area (Å²) in [5, 5.41) is 9.38. The molecule has 2 fully saturated rings. The summed E-state index contributed by atoms with van der Waals surface area (Å²) in [6, 6.07) is 0. The molecule has 2 rings (SSSR count). The molecule has 1 saturated carbocycles. The van der Waals surface area contributed by atoms with Gasteiger partial charge in [0.2, 0.25) is 5.91 Å². The number of aliphatic hydroxyl groups excluding tert-OH is 1. The molecule has 0 radical (unpaired) electrons. The van der Waals surface area contributed by atoms with E-state index in [2.05, 4.69) is 0 Å². The maximum absolute atomic E-state index is 11.5.